The molecule has 0 bridgehead atoms. The summed E-state index contributed by atoms with van der Waals surface area (Å²) in [6, 6.07) is 9.70. The molecule has 3 heteroatoms. The second-order valence-electron chi connectivity index (χ2n) is 4.78. The van der Waals surface area contributed by atoms with Crippen LogP contribution in [0.15, 0.2) is 35.4 Å². The molecule has 1 aliphatic carbocycles. The van der Waals surface area contributed by atoms with Crippen LogP contribution in [0, 0.1) is 5.92 Å². The van der Waals surface area contributed by atoms with E-state index in [9.17, 15) is 4.79 Å². The average Bonchev–Trinajstić information content (AvgIpc) is 2.39. The molecule has 0 spiro atoms. The van der Waals surface area contributed by atoms with Gasteiger partial charge in [0.15, 0.2) is 0 Å². The van der Waals surface area contributed by atoms with Gasteiger partial charge in [0.05, 0.1) is 5.69 Å². The van der Waals surface area contributed by atoms with Crippen LogP contribution in [0.5, 0.6) is 0 Å². The van der Waals surface area contributed by atoms with Crippen molar-refractivity contribution in [3.8, 4) is 0 Å². The van der Waals surface area contributed by atoms with E-state index in [4.69, 9.17) is 0 Å². The summed E-state index contributed by atoms with van der Waals surface area (Å²) in [5.41, 5.74) is 2.11. The van der Waals surface area contributed by atoms with Gasteiger partial charge in [0.1, 0.15) is 0 Å². The number of carbonyl (C=O) groups excluding carboxylic acids is 1. The van der Waals surface area contributed by atoms with Crippen LogP contribution < -0.4 is 5.01 Å². The zero-order valence-corrected chi connectivity index (χ0v) is 9.80. The van der Waals surface area contributed by atoms with Crippen LogP contribution in [0.25, 0.3) is 0 Å². The highest BCUT2D eigenvalue weighted by atomic mass is 16.2. The van der Waals surface area contributed by atoms with Gasteiger partial charge in [-0.2, -0.15) is 5.10 Å². The van der Waals surface area contributed by atoms with Gasteiger partial charge in [-0.15, -0.1) is 0 Å². The highest BCUT2D eigenvalue weighted by molar-refractivity contribution is 6.03. The van der Waals surface area contributed by atoms with Gasteiger partial charge < -0.3 is 0 Å². The first kappa shape index (κ1) is 10.5. The van der Waals surface area contributed by atoms with Gasteiger partial charge in [-0.1, -0.05) is 24.6 Å². The summed E-state index contributed by atoms with van der Waals surface area (Å²) in [7, 11) is 0. The van der Waals surface area contributed by atoms with Crippen LogP contribution in [0.1, 0.15) is 32.1 Å². The van der Waals surface area contributed by atoms with Crippen LogP contribution in [-0.2, 0) is 4.79 Å². The minimum absolute atomic E-state index is 0.131. The fourth-order valence-electron chi connectivity index (χ4n) is 2.67. The second-order valence-corrected chi connectivity index (χ2v) is 4.78. The number of anilines is 1. The number of nitrogens with zero attached hydrogens (tertiary/aromatic N) is 2. The Balaban J connectivity index is 1.93. The lowest BCUT2D eigenvalue weighted by Crippen LogP contribution is -2.38. The normalized spacial score (nSPS) is 24.2. The predicted molar refractivity (Wildman–Crippen MR) is 67.9 cm³/mol. The van der Waals surface area contributed by atoms with E-state index < -0.39 is 0 Å². The number of fused-ring (bicyclic) bond motifs is 1. The van der Waals surface area contributed by atoms with E-state index in [1.165, 1.54) is 18.6 Å². The van der Waals surface area contributed by atoms with Gasteiger partial charge in [-0.3, -0.25) is 4.79 Å². The molecule has 0 aromatic heterocycles. The summed E-state index contributed by atoms with van der Waals surface area (Å²) < 4.78 is 0. The molecule has 1 saturated carbocycles. The number of hydrogen-bond donors (Lipinski definition) is 0. The van der Waals surface area contributed by atoms with E-state index in [0.29, 0.717) is 12.3 Å². The van der Waals surface area contributed by atoms with Crippen molar-refractivity contribution < 1.29 is 4.79 Å². The van der Waals surface area contributed by atoms with Crippen LogP contribution in [0.2, 0.25) is 0 Å². The summed E-state index contributed by atoms with van der Waals surface area (Å²) in [5, 5.41) is 6.14. The van der Waals surface area contributed by atoms with Gasteiger partial charge in [0.25, 0.3) is 0 Å². The van der Waals surface area contributed by atoms with Crippen LogP contribution >= 0.6 is 0 Å². The summed E-state index contributed by atoms with van der Waals surface area (Å²) in [5.74, 6) is 0.545. The molecule has 0 N–H and O–H groups in total. The molecule has 2 aliphatic rings. The third-order valence-electron chi connectivity index (χ3n) is 3.59. The number of para-hydroxylation sites is 1. The van der Waals surface area contributed by atoms with Gasteiger partial charge in [0.2, 0.25) is 5.91 Å². The van der Waals surface area contributed by atoms with E-state index in [1.807, 2.05) is 30.3 Å². The van der Waals surface area contributed by atoms with Crippen molar-refractivity contribution >= 4 is 17.3 Å². The van der Waals surface area contributed by atoms with Crippen molar-refractivity contribution in [2.75, 3.05) is 5.01 Å². The summed E-state index contributed by atoms with van der Waals surface area (Å²) in [6.07, 6.45) is 5.27. The minimum atomic E-state index is 0.131. The van der Waals surface area contributed by atoms with Crippen molar-refractivity contribution in [2.24, 2.45) is 11.0 Å². The molecule has 88 valence electrons. The molecule has 1 aliphatic heterocycles. The number of carbonyl (C=O) groups is 1. The monoisotopic (exact) mass is 228 g/mol. The van der Waals surface area contributed by atoms with Crippen molar-refractivity contribution in [1.82, 2.24) is 0 Å². The number of hydrogen-bond acceptors (Lipinski definition) is 2. The van der Waals surface area contributed by atoms with Crippen LogP contribution in [0.4, 0.5) is 5.69 Å². The predicted octanol–water partition coefficient (Wildman–Crippen LogP) is 2.97. The zero-order chi connectivity index (χ0) is 11.7. The van der Waals surface area contributed by atoms with E-state index >= 15 is 0 Å². The Morgan fingerprint density at radius 3 is 2.82 bits per heavy atom. The van der Waals surface area contributed by atoms with Crippen LogP contribution in [-0.4, -0.2) is 11.6 Å². The molecule has 1 atom stereocenters. The topological polar surface area (TPSA) is 32.7 Å². The summed E-state index contributed by atoms with van der Waals surface area (Å²) in [6.45, 7) is 0. The van der Waals surface area contributed by atoms with E-state index in [2.05, 4.69) is 5.10 Å². The van der Waals surface area contributed by atoms with Crippen molar-refractivity contribution in [1.29, 1.82) is 0 Å². The average molecular weight is 228 g/mol. The first-order valence-corrected chi connectivity index (χ1v) is 6.30. The van der Waals surface area contributed by atoms with Gasteiger partial charge in [-0.05, 0) is 31.4 Å². The maximum Gasteiger partial charge on any atom is 0.248 e. The van der Waals surface area contributed by atoms with Gasteiger partial charge in [-0.25, -0.2) is 5.01 Å². The molecule has 1 unspecified atom stereocenters. The van der Waals surface area contributed by atoms with Crippen molar-refractivity contribution in [3.63, 3.8) is 0 Å². The number of rotatable bonds is 1. The third-order valence-corrected chi connectivity index (χ3v) is 3.59. The lowest BCUT2D eigenvalue weighted by molar-refractivity contribution is -0.119. The molecule has 1 heterocycles. The number of benzene rings is 1. The smallest absolute Gasteiger partial charge is 0.248 e. The van der Waals surface area contributed by atoms with E-state index in [0.717, 1.165) is 18.5 Å². The molecule has 1 aromatic rings. The molecule has 1 aromatic carbocycles. The van der Waals surface area contributed by atoms with E-state index in [-0.39, 0.29) is 5.91 Å². The first-order chi connectivity index (χ1) is 8.34. The Kier molecular flexibility index (Phi) is 2.67. The highest BCUT2D eigenvalue weighted by Crippen LogP contribution is 2.30. The molecule has 3 nitrogen and oxygen atoms in total. The summed E-state index contributed by atoms with van der Waals surface area (Å²) in [4.78, 5) is 12.1. The second kappa shape index (κ2) is 4.32. The SMILES string of the molecule is O=C1CC2CCCCC2=NN1c1ccccc1. The summed E-state index contributed by atoms with van der Waals surface area (Å²) >= 11 is 0. The Morgan fingerprint density at radius 1 is 1.18 bits per heavy atom. The molecule has 1 amide bonds. The Hall–Kier alpha value is -1.64. The number of amides is 1. The zero-order valence-electron chi connectivity index (χ0n) is 9.80. The Bertz CT molecular complexity index is 453. The molecule has 0 radical (unpaired) electrons. The highest BCUT2D eigenvalue weighted by Gasteiger charge is 2.31. The molecule has 3 rings (SSSR count). The van der Waals surface area contributed by atoms with Crippen LogP contribution in [0.3, 0.4) is 0 Å². The van der Waals surface area contributed by atoms with Crippen molar-refractivity contribution in [3.05, 3.63) is 30.3 Å². The third kappa shape index (κ3) is 1.97. The molecule has 0 saturated heterocycles. The van der Waals surface area contributed by atoms with Gasteiger partial charge in [0, 0.05) is 18.1 Å². The molecular formula is C14H16N2O. The maximum absolute atomic E-state index is 12.1. The Morgan fingerprint density at radius 2 is 2.00 bits per heavy atom. The first-order valence-electron chi connectivity index (χ1n) is 6.30. The van der Waals surface area contributed by atoms with Gasteiger partial charge >= 0.3 is 0 Å². The largest absolute Gasteiger partial charge is 0.273 e. The maximum atomic E-state index is 12.1. The lowest BCUT2D eigenvalue weighted by Gasteiger charge is -2.32. The van der Waals surface area contributed by atoms with E-state index in [1.54, 1.807) is 5.01 Å². The lowest BCUT2D eigenvalue weighted by atomic mass is 9.84. The quantitative estimate of drug-likeness (QED) is 0.727. The molecule has 1 fully saturated rings. The Labute approximate surface area is 101 Å². The molecular weight excluding hydrogens is 212 g/mol. The minimum Gasteiger partial charge on any atom is -0.273 e. The molecule has 17 heavy (non-hydrogen) atoms. The fourth-order valence-corrected chi connectivity index (χ4v) is 2.67. The standard InChI is InChI=1S/C14H16N2O/c17-14-10-11-6-4-5-9-13(11)15-16(14)12-7-2-1-3-8-12/h1-3,7-8,11H,4-6,9-10H2. The number of hydrazone groups is 1. The van der Waals surface area contributed by atoms with Crippen molar-refractivity contribution in [2.45, 2.75) is 32.1 Å². The fraction of sp³-hybridized carbons (Fsp3) is 0.429.